The monoisotopic (exact) mass is 408 g/mol. The highest BCUT2D eigenvalue weighted by Crippen LogP contribution is 2.22. The number of nitrogens with one attached hydrogen (secondary N) is 2. The van der Waals surface area contributed by atoms with E-state index in [1.54, 1.807) is 44.5 Å². The molecule has 27 heavy (non-hydrogen) atoms. The summed E-state index contributed by atoms with van der Waals surface area (Å²) >= 11 is 0. The largest absolute Gasteiger partial charge is 0.481 e. The summed E-state index contributed by atoms with van der Waals surface area (Å²) in [5.41, 5.74) is 0. The molecule has 4 radical (unpaired) electrons. The minimum atomic E-state index is -0.818. The van der Waals surface area contributed by atoms with Crippen LogP contribution in [0.5, 0.6) is 0 Å². The van der Waals surface area contributed by atoms with Crippen LogP contribution in [0.15, 0.2) is 37.4 Å². The Morgan fingerprint density at radius 1 is 1.00 bits per heavy atom. The summed E-state index contributed by atoms with van der Waals surface area (Å²) in [6, 6.07) is 0. The zero-order valence-electron chi connectivity index (χ0n) is 15.2. The van der Waals surface area contributed by atoms with E-state index in [9.17, 15) is 9.59 Å². The Morgan fingerprint density at radius 2 is 1.44 bits per heavy atom. The molecule has 0 aliphatic heterocycles. The quantitative estimate of drug-likeness (QED) is 0.282. The molecule has 0 atom stereocenters. The third-order valence-electron chi connectivity index (χ3n) is 2.07. The summed E-state index contributed by atoms with van der Waals surface area (Å²) in [6.07, 6.45) is 11.5. The second-order valence-corrected chi connectivity index (χ2v) is 6.99. The lowest BCUT2D eigenvalue weighted by atomic mass is 9.27. The third kappa shape index (κ3) is 32.4. The molecule has 0 fully saturated rings. The average molecular weight is 408 g/mol. The number of nitrogens with zero attached hydrogens (tertiary/aromatic N) is 2. The summed E-state index contributed by atoms with van der Waals surface area (Å²) < 4.78 is 0. The first-order valence-corrected chi connectivity index (χ1v) is 10.4. The number of hydrogen-bond acceptors (Lipinski definition) is 6. The number of aromatic amines is 2. The van der Waals surface area contributed by atoms with Gasteiger partial charge >= 0.3 is 11.9 Å². The van der Waals surface area contributed by atoms with Crippen LogP contribution in [0.1, 0.15) is 19.8 Å². The smallest absolute Gasteiger partial charge is 0.304 e. The van der Waals surface area contributed by atoms with Crippen LogP contribution in [-0.2, 0) is 9.59 Å². The molecule has 0 saturated carbocycles. The molecule has 2 heterocycles. The van der Waals surface area contributed by atoms with Gasteiger partial charge in [0.05, 0.1) is 32.7 Å². The minimum absolute atomic E-state index is 0.130. The molecule has 0 aliphatic carbocycles. The molecule has 13 heteroatoms. The lowest BCUT2D eigenvalue weighted by Crippen LogP contribution is -1.98. The van der Waals surface area contributed by atoms with E-state index in [2.05, 4.69) is 19.9 Å². The number of aliphatic carboxylic acids is 2. The Balaban J connectivity index is 0. The molecular formula is C14H23B3N4O4S2. The molecule has 0 bridgehead atoms. The highest BCUT2D eigenvalue weighted by molar-refractivity contribution is 8.76. The van der Waals surface area contributed by atoms with E-state index in [4.69, 9.17) is 18.0 Å². The zero-order chi connectivity index (χ0) is 20.6. The van der Waals surface area contributed by atoms with Crippen LogP contribution in [0.3, 0.4) is 0 Å². The van der Waals surface area contributed by atoms with Gasteiger partial charge in [-0.1, -0.05) is 34.8 Å². The normalized spacial score (nSPS) is 8.48. The number of aromatic nitrogens is 4. The van der Waals surface area contributed by atoms with Crippen molar-refractivity contribution in [2.45, 2.75) is 26.1 Å². The molecule has 2 rings (SSSR count). The van der Waals surface area contributed by atoms with Crippen molar-refractivity contribution in [3.63, 3.8) is 0 Å². The average Bonchev–Trinajstić information content (AvgIpc) is 3.37. The van der Waals surface area contributed by atoms with Crippen molar-refractivity contribution in [3.8, 4) is 0 Å². The molecular weight excluding hydrogens is 385 g/mol. The summed E-state index contributed by atoms with van der Waals surface area (Å²) in [5.74, 6) is -0.582. The van der Waals surface area contributed by atoms with E-state index in [-0.39, 0.29) is 12.8 Å². The van der Waals surface area contributed by atoms with Crippen LogP contribution < -0.4 is 0 Å². The summed E-state index contributed by atoms with van der Waals surface area (Å²) in [7, 11) is 11.2. The van der Waals surface area contributed by atoms with Gasteiger partial charge in [-0.15, -0.1) is 0 Å². The predicted molar refractivity (Wildman–Crippen MR) is 114 cm³/mol. The maximum absolute atomic E-state index is 10.0. The lowest BCUT2D eigenvalue weighted by Gasteiger charge is -1.95. The minimum Gasteiger partial charge on any atom is -0.481 e. The number of imidazole rings is 2. The van der Waals surface area contributed by atoms with Crippen molar-refractivity contribution in [3.05, 3.63) is 37.4 Å². The number of rotatable bonds is 9. The highest BCUT2D eigenvalue weighted by Gasteiger charge is 1.99. The molecule has 0 aromatic carbocycles. The fourth-order valence-corrected chi connectivity index (χ4v) is 2.90. The number of carboxylic acid groups (broad SMARTS) is 2. The Kier molecular flexibility index (Phi) is 24.7. The predicted octanol–water partition coefficient (Wildman–Crippen LogP) is 1.97. The second kappa shape index (κ2) is 24.3. The fourth-order valence-electron chi connectivity index (χ4n) is 0.942. The van der Waals surface area contributed by atoms with Gasteiger partial charge in [0.25, 0.3) is 0 Å². The van der Waals surface area contributed by atoms with Crippen LogP contribution in [0, 0.1) is 0 Å². The van der Waals surface area contributed by atoms with Crippen molar-refractivity contribution in [1.82, 2.24) is 19.9 Å². The topological polar surface area (TPSA) is 132 Å². The maximum atomic E-state index is 10.0. The van der Waals surface area contributed by atoms with Gasteiger partial charge < -0.3 is 20.2 Å². The first-order valence-electron chi connectivity index (χ1n) is 7.94. The van der Waals surface area contributed by atoms with Crippen LogP contribution in [-0.4, -0.2) is 75.6 Å². The van der Waals surface area contributed by atoms with E-state index < -0.39 is 11.9 Å². The van der Waals surface area contributed by atoms with Crippen LogP contribution in [0.25, 0.3) is 0 Å². The van der Waals surface area contributed by atoms with E-state index in [1.165, 1.54) is 21.6 Å². The standard InChI is InChI=1S/C6H10O4S2.2C3H4N2.C2H5B3/c7-5(8)1-3-11-12-4-2-6(9)10;2*1-2-5-3-4-1;1-2-4-5-3/h1-4H2,(H,7,8)(H,9,10);2*1-3H,(H,4,5);2H2,1H3. The molecule has 144 valence electrons. The number of hydrogen-bond donors (Lipinski definition) is 4. The molecule has 0 amide bonds. The van der Waals surface area contributed by atoms with Gasteiger partial charge in [-0.2, -0.15) is 0 Å². The van der Waals surface area contributed by atoms with Gasteiger partial charge in [-0.05, 0) is 0 Å². The van der Waals surface area contributed by atoms with Crippen LogP contribution >= 0.6 is 21.6 Å². The zero-order valence-corrected chi connectivity index (χ0v) is 16.8. The van der Waals surface area contributed by atoms with Crippen molar-refractivity contribution in [2.75, 3.05) is 11.5 Å². The van der Waals surface area contributed by atoms with E-state index in [1.807, 2.05) is 14.1 Å². The molecule has 4 N–H and O–H groups in total. The fraction of sp³-hybridized carbons (Fsp3) is 0.429. The number of carbonyl (C=O) groups is 2. The highest BCUT2D eigenvalue weighted by atomic mass is 33.1. The Labute approximate surface area is 170 Å². The van der Waals surface area contributed by atoms with Gasteiger partial charge in [0.15, 0.2) is 0 Å². The third-order valence-corrected chi connectivity index (χ3v) is 4.47. The van der Waals surface area contributed by atoms with E-state index in [0.717, 1.165) is 6.32 Å². The first kappa shape index (κ1) is 27.5. The molecule has 0 aliphatic rings. The molecule has 0 unspecified atom stereocenters. The summed E-state index contributed by atoms with van der Waals surface area (Å²) in [4.78, 5) is 32.9. The maximum Gasteiger partial charge on any atom is 0.304 e. The SMILES string of the molecule is O=C(O)CCSSCCC(=O)O.[B][B][B]CC.c1c[nH]cn1.c1c[nH]cn1. The van der Waals surface area contributed by atoms with Crippen molar-refractivity contribution in [1.29, 1.82) is 0 Å². The molecule has 0 saturated heterocycles. The van der Waals surface area contributed by atoms with E-state index >= 15 is 0 Å². The second-order valence-electron chi connectivity index (χ2n) is 4.29. The van der Waals surface area contributed by atoms with Gasteiger partial charge in [-0.3, -0.25) is 9.59 Å². The molecule has 2 aromatic heterocycles. The number of carboxylic acids is 2. The Bertz CT molecular complexity index is 442. The van der Waals surface area contributed by atoms with Crippen molar-refractivity contribution in [2.24, 2.45) is 0 Å². The van der Waals surface area contributed by atoms with Crippen molar-refractivity contribution >= 4 is 55.5 Å². The summed E-state index contributed by atoms with van der Waals surface area (Å²) in [5, 5.41) is 16.5. The number of H-pyrrole nitrogens is 2. The lowest BCUT2D eigenvalue weighted by molar-refractivity contribution is -0.137. The van der Waals surface area contributed by atoms with Gasteiger partial charge in [0.2, 0.25) is 0 Å². The molecule has 0 spiro atoms. The Hall–Kier alpha value is -1.75. The molecule has 8 nitrogen and oxygen atoms in total. The van der Waals surface area contributed by atoms with Gasteiger partial charge in [0, 0.05) is 51.1 Å². The van der Waals surface area contributed by atoms with Gasteiger partial charge in [-0.25, -0.2) is 9.97 Å². The first-order chi connectivity index (χ1) is 13.0. The Morgan fingerprint density at radius 3 is 1.59 bits per heavy atom. The summed E-state index contributed by atoms with van der Waals surface area (Å²) in [6.45, 7) is 2.04. The van der Waals surface area contributed by atoms with E-state index in [0.29, 0.717) is 11.5 Å². The van der Waals surface area contributed by atoms with Crippen LogP contribution in [0.2, 0.25) is 6.32 Å². The van der Waals surface area contributed by atoms with Crippen molar-refractivity contribution < 1.29 is 19.8 Å². The van der Waals surface area contributed by atoms with Gasteiger partial charge in [0.1, 0.15) is 0 Å². The van der Waals surface area contributed by atoms with Crippen LogP contribution in [0.4, 0.5) is 0 Å². The molecule has 2 aromatic rings.